The summed E-state index contributed by atoms with van der Waals surface area (Å²) in [7, 11) is -3.38. The fourth-order valence-electron chi connectivity index (χ4n) is 2.34. The van der Waals surface area contributed by atoms with Crippen LogP contribution in [0.3, 0.4) is 0 Å². The van der Waals surface area contributed by atoms with E-state index in [0.717, 1.165) is 17.1 Å². The number of hydrogen-bond donors (Lipinski definition) is 1. The van der Waals surface area contributed by atoms with E-state index in [4.69, 9.17) is 0 Å². The number of sulfonamides is 1. The molecule has 1 aliphatic heterocycles. The Morgan fingerprint density at radius 3 is 2.86 bits per heavy atom. The van der Waals surface area contributed by atoms with E-state index in [-0.39, 0.29) is 6.04 Å². The van der Waals surface area contributed by atoms with Gasteiger partial charge in [0.1, 0.15) is 0 Å². The van der Waals surface area contributed by atoms with Crippen molar-refractivity contribution in [1.82, 2.24) is 9.62 Å². The minimum absolute atomic E-state index is 0.0613. The van der Waals surface area contributed by atoms with Gasteiger partial charge in [-0.3, -0.25) is 0 Å². The highest BCUT2D eigenvalue weighted by atomic mass is 32.2. The number of benzene rings is 1. The van der Waals surface area contributed by atoms with Crippen molar-refractivity contribution in [2.45, 2.75) is 44.3 Å². The topological polar surface area (TPSA) is 49.4 Å². The molecule has 0 bridgehead atoms. The zero-order chi connectivity index (χ0) is 15.5. The van der Waals surface area contributed by atoms with Crippen LogP contribution < -0.4 is 5.32 Å². The van der Waals surface area contributed by atoms with Gasteiger partial charge in [0.2, 0.25) is 10.0 Å². The summed E-state index contributed by atoms with van der Waals surface area (Å²) in [6.07, 6.45) is 0. The van der Waals surface area contributed by atoms with E-state index in [1.807, 2.05) is 30.8 Å². The molecule has 118 valence electrons. The lowest BCUT2D eigenvalue weighted by Crippen LogP contribution is -2.44. The molecule has 1 saturated heterocycles. The maximum atomic E-state index is 12.8. The van der Waals surface area contributed by atoms with Gasteiger partial charge in [-0.25, -0.2) is 8.42 Å². The summed E-state index contributed by atoms with van der Waals surface area (Å²) in [4.78, 5) is 0.407. The Balaban J connectivity index is 2.21. The smallest absolute Gasteiger partial charge is 0.243 e. The molecule has 1 heterocycles. The minimum Gasteiger partial charge on any atom is -0.310 e. The van der Waals surface area contributed by atoms with Gasteiger partial charge in [-0.15, -0.1) is 0 Å². The van der Waals surface area contributed by atoms with E-state index < -0.39 is 10.0 Å². The second kappa shape index (κ2) is 7.13. The van der Waals surface area contributed by atoms with Crippen LogP contribution in [-0.4, -0.2) is 42.9 Å². The lowest BCUT2D eigenvalue weighted by Gasteiger charge is -2.32. The normalized spacial score (nSPS) is 20.9. The maximum Gasteiger partial charge on any atom is 0.243 e. The van der Waals surface area contributed by atoms with Gasteiger partial charge >= 0.3 is 0 Å². The fourth-order valence-corrected chi connectivity index (χ4v) is 5.27. The lowest BCUT2D eigenvalue weighted by atomic mass is 10.2. The number of rotatable bonds is 5. The molecule has 0 spiro atoms. The maximum absolute atomic E-state index is 12.8. The van der Waals surface area contributed by atoms with Crippen molar-refractivity contribution in [2.75, 3.05) is 18.1 Å². The van der Waals surface area contributed by atoms with Crippen molar-refractivity contribution in [3.8, 4) is 0 Å². The molecule has 4 nitrogen and oxygen atoms in total. The van der Waals surface area contributed by atoms with Crippen LogP contribution in [0.15, 0.2) is 29.2 Å². The third-order valence-corrected chi connectivity index (χ3v) is 6.73. The van der Waals surface area contributed by atoms with Crippen LogP contribution in [-0.2, 0) is 16.6 Å². The van der Waals surface area contributed by atoms with Gasteiger partial charge in [0.25, 0.3) is 0 Å². The summed E-state index contributed by atoms with van der Waals surface area (Å²) in [5.74, 6) is 1.74. The molecule has 1 atom stereocenters. The standard InChI is InChI=1S/C15H24N2O2S2/c1-12(2)16-10-14-5-4-6-15(9-14)21(18,19)17-7-8-20-11-13(17)3/h4-6,9,12-13,16H,7-8,10-11H2,1-3H3. The van der Waals surface area contributed by atoms with Crippen molar-refractivity contribution in [2.24, 2.45) is 0 Å². The van der Waals surface area contributed by atoms with Crippen LogP contribution in [0.2, 0.25) is 0 Å². The molecule has 0 aliphatic carbocycles. The van der Waals surface area contributed by atoms with Crippen molar-refractivity contribution in [1.29, 1.82) is 0 Å². The Morgan fingerprint density at radius 1 is 1.43 bits per heavy atom. The van der Waals surface area contributed by atoms with Crippen molar-refractivity contribution < 1.29 is 8.42 Å². The number of nitrogens with one attached hydrogen (secondary N) is 1. The first-order valence-electron chi connectivity index (χ1n) is 7.33. The zero-order valence-electron chi connectivity index (χ0n) is 12.9. The van der Waals surface area contributed by atoms with E-state index in [2.05, 4.69) is 19.2 Å². The summed E-state index contributed by atoms with van der Waals surface area (Å²) in [6.45, 7) is 7.42. The van der Waals surface area contributed by atoms with E-state index in [9.17, 15) is 8.42 Å². The number of thioether (sulfide) groups is 1. The first-order chi connectivity index (χ1) is 9.91. The van der Waals surface area contributed by atoms with Gasteiger partial charge in [0.05, 0.1) is 4.90 Å². The second-order valence-electron chi connectivity index (χ2n) is 5.72. The van der Waals surface area contributed by atoms with Gasteiger partial charge in [-0.2, -0.15) is 16.1 Å². The molecular formula is C15H24N2O2S2. The van der Waals surface area contributed by atoms with Gasteiger partial charge in [0.15, 0.2) is 0 Å². The van der Waals surface area contributed by atoms with Gasteiger partial charge < -0.3 is 5.32 Å². The third-order valence-electron chi connectivity index (χ3n) is 3.53. The number of nitrogens with zero attached hydrogens (tertiary/aromatic N) is 1. The summed E-state index contributed by atoms with van der Waals surface area (Å²) >= 11 is 1.82. The van der Waals surface area contributed by atoms with Gasteiger partial charge in [-0.1, -0.05) is 26.0 Å². The highest BCUT2D eigenvalue weighted by Crippen LogP contribution is 2.24. The molecule has 1 unspecified atom stereocenters. The minimum atomic E-state index is -3.38. The predicted octanol–water partition coefficient (Wildman–Crippen LogP) is 2.31. The fraction of sp³-hybridized carbons (Fsp3) is 0.600. The van der Waals surface area contributed by atoms with E-state index in [0.29, 0.717) is 24.0 Å². The average molecular weight is 329 g/mol. The predicted molar refractivity (Wildman–Crippen MR) is 89.1 cm³/mol. The Labute approximate surface area is 132 Å². The quantitative estimate of drug-likeness (QED) is 0.901. The van der Waals surface area contributed by atoms with Crippen LogP contribution in [0.4, 0.5) is 0 Å². The van der Waals surface area contributed by atoms with Crippen molar-refractivity contribution >= 4 is 21.8 Å². The van der Waals surface area contributed by atoms with Crippen molar-refractivity contribution in [3.63, 3.8) is 0 Å². The van der Waals surface area contributed by atoms with Crippen molar-refractivity contribution in [3.05, 3.63) is 29.8 Å². The van der Waals surface area contributed by atoms with Crippen LogP contribution in [0.5, 0.6) is 0 Å². The monoisotopic (exact) mass is 328 g/mol. The van der Waals surface area contributed by atoms with E-state index >= 15 is 0 Å². The van der Waals surface area contributed by atoms with E-state index in [1.54, 1.807) is 16.4 Å². The molecule has 1 aromatic rings. The van der Waals surface area contributed by atoms with Crippen LogP contribution >= 0.6 is 11.8 Å². The summed E-state index contributed by atoms with van der Waals surface area (Å²) in [5, 5.41) is 3.32. The third kappa shape index (κ3) is 4.22. The first kappa shape index (κ1) is 16.8. The van der Waals surface area contributed by atoms with Crippen LogP contribution in [0.25, 0.3) is 0 Å². The Hall–Kier alpha value is -0.560. The molecule has 6 heteroatoms. The van der Waals surface area contributed by atoms with Crippen LogP contribution in [0, 0.1) is 0 Å². The highest BCUT2D eigenvalue weighted by Gasteiger charge is 2.31. The summed E-state index contributed by atoms with van der Waals surface area (Å²) < 4.78 is 27.2. The molecule has 2 rings (SSSR count). The Morgan fingerprint density at radius 2 is 2.19 bits per heavy atom. The largest absolute Gasteiger partial charge is 0.310 e. The Bertz CT molecular complexity index is 573. The molecule has 1 aromatic carbocycles. The highest BCUT2D eigenvalue weighted by molar-refractivity contribution is 7.99. The molecule has 1 N–H and O–H groups in total. The molecule has 0 radical (unpaired) electrons. The first-order valence-corrected chi connectivity index (χ1v) is 9.92. The average Bonchev–Trinajstić information content (AvgIpc) is 2.45. The summed E-state index contributed by atoms with van der Waals surface area (Å²) in [5.41, 5.74) is 1.00. The summed E-state index contributed by atoms with van der Waals surface area (Å²) in [6, 6.07) is 7.72. The zero-order valence-corrected chi connectivity index (χ0v) is 14.5. The molecule has 0 aromatic heterocycles. The second-order valence-corrected chi connectivity index (χ2v) is 8.76. The lowest BCUT2D eigenvalue weighted by molar-refractivity contribution is 0.367. The molecular weight excluding hydrogens is 304 g/mol. The Kier molecular flexibility index (Phi) is 5.71. The molecule has 21 heavy (non-hydrogen) atoms. The molecule has 1 aliphatic rings. The SMILES string of the molecule is CC(C)NCc1cccc(S(=O)(=O)N2CCSCC2C)c1. The molecule has 0 saturated carbocycles. The number of hydrogen-bond acceptors (Lipinski definition) is 4. The van der Waals surface area contributed by atoms with Gasteiger partial charge in [-0.05, 0) is 24.6 Å². The molecule has 1 fully saturated rings. The van der Waals surface area contributed by atoms with Crippen LogP contribution in [0.1, 0.15) is 26.3 Å². The van der Waals surface area contributed by atoms with E-state index in [1.165, 1.54) is 0 Å². The molecule has 0 amide bonds. The van der Waals surface area contributed by atoms with Gasteiger partial charge in [0, 0.05) is 36.7 Å².